The van der Waals surface area contributed by atoms with Crippen molar-refractivity contribution in [3.63, 3.8) is 0 Å². The highest BCUT2D eigenvalue weighted by molar-refractivity contribution is 7.12. The van der Waals surface area contributed by atoms with Gasteiger partial charge in [0.1, 0.15) is 0 Å². The topological polar surface area (TPSA) is 24.9 Å². The third-order valence-electron chi connectivity index (χ3n) is 3.60. The third kappa shape index (κ3) is 4.14. The lowest BCUT2D eigenvalue weighted by Crippen LogP contribution is -2.17. The highest BCUT2D eigenvalue weighted by atomic mass is 32.1. The molecule has 0 fully saturated rings. The summed E-state index contributed by atoms with van der Waals surface area (Å²) >= 11 is 1.84. The highest BCUT2D eigenvalue weighted by Gasteiger charge is 2.22. The van der Waals surface area contributed by atoms with Crippen LogP contribution in [-0.4, -0.2) is 4.98 Å². The van der Waals surface area contributed by atoms with Crippen molar-refractivity contribution in [2.24, 2.45) is 0 Å². The second-order valence-electron chi connectivity index (χ2n) is 6.81. The largest absolute Gasteiger partial charge is 0.305 e. The molecule has 21 heavy (non-hydrogen) atoms. The van der Waals surface area contributed by atoms with Gasteiger partial charge in [-0.3, -0.25) is 0 Å². The number of thiazole rings is 1. The Hall–Kier alpha value is -1.19. The summed E-state index contributed by atoms with van der Waals surface area (Å²) in [5.74, 6) is 0. The van der Waals surface area contributed by atoms with Gasteiger partial charge >= 0.3 is 0 Å². The quantitative estimate of drug-likeness (QED) is 0.868. The van der Waals surface area contributed by atoms with Crippen molar-refractivity contribution in [1.82, 2.24) is 10.3 Å². The molecule has 0 saturated heterocycles. The van der Waals surface area contributed by atoms with E-state index in [4.69, 9.17) is 4.98 Å². The standard InChI is InChI=1S/C18H26N2S/c1-12-7-9-15(10-8-12)11-19-13(2)16-14(3)20-17(21-16)18(4,5)6/h7-10,13,19H,11H2,1-6H3. The van der Waals surface area contributed by atoms with E-state index < -0.39 is 0 Å². The molecule has 2 nitrogen and oxygen atoms in total. The number of aromatic nitrogens is 1. The summed E-state index contributed by atoms with van der Waals surface area (Å²) in [6, 6.07) is 9.04. The fourth-order valence-corrected chi connectivity index (χ4v) is 3.35. The smallest absolute Gasteiger partial charge is 0.0985 e. The monoisotopic (exact) mass is 302 g/mol. The maximum Gasteiger partial charge on any atom is 0.0985 e. The fraction of sp³-hybridized carbons (Fsp3) is 0.500. The van der Waals surface area contributed by atoms with Gasteiger partial charge in [0, 0.05) is 22.9 Å². The second kappa shape index (κ2) is 6.29. The number of hydrogen-bond donors (Lipinski definition) is 1. The molecule has 3 heteroatoms. The Balaban J connectivity index is 2.05. The summed E-state index contributed by atoms with van der Waals surface area (Å²) in [7, 11) is 0. The highest BCUT2D eigenvalue weighted by Crippen LogP contribution is 2.32. The van der Waals surface area contributed by atoms with E-state index in [2.05, 4.69) is 71.1 Å². The van der Waals surface area contributed by atoms with Gasteiger partial charge in [-0.05, 0) is 26.3 Å². The molecule has 0 spiro atoms. The van der Waals surface area contributed by atoms with Crippen LogP contribution in [0, 0.1) is 13.8 Å². The van der Waals surface area contributed by atoms with E-state index in [9.17, 15) is 0 Å². The van der Waals surface area contributed by atoms with Crippen molar-refractivity contribution in [2.75, 3.05) is 0 Å². The number of hydrogen-bond acceptors (Lipinski definition) is 3. The number of nitrogens with zero attached hydrogens (tertiary/aromatic N) is 1. The molecular weight excluding hydrogens is 276 g/mol. The lowest BCUT2D eigenvalue weighted by atomic mass is 9.98. The summed E-state index contributed by atoms with van der Waals surface area (Å²) in [5, 5.41) is 4.83. The molecule has 1 N–H and O–H groups in total. The molecule has 0 amide bonds. The summed E-state index contributed by atoms with van der Waals surface area (Å²) in [6.45, 7) is 14.0. The molecule has 1 aromatic heterocycles. The minimum absolute atomic E-state index is 0.129. The average molecular weight is 302 g/mol. The van der Waals surface area contributed by atoms with Crippen LogP contribution in [0.2, 0.25) is 0 Å². The van der Waals surface area contributed by atoms with Crippen molar-refractivity contribution in [3.8, 4) is 0 Å². The van der Waals surface area contributed by atoms with Gasteiger partial charge in [-0.2, -0.15) is 0 Å². The van der Waals surface area contributed by atoms with Crippen LogP contribution in [0.5, 0.6) is 0 Å². The zero-order valence-electron chi connectivity index (χ0n) is 13.9. The molecule has 1 unspecified atom stereocenters. The van der Waals surface area contributed by atoms with Crippen LogP contribution in [0.3, 0.4) is 0 Å². The Bertz CT molecular complexity index is 591. The summed E-state index contributed by atoms with van der Waals surface area (Å²) in [4.78, 5) is 6.10. The van der Waals surface area contributed by atoms with Gasteiger partial charge in [0.2, 0.25) is 0 Å². The number of nitrogens with one attached hydrogen (secondary N) is 1. The van der Waals surface area contributed by atoms with Crippen molar-refractivity contribution in [3.05, 3.63) is 51.0 Å². The van der Waals surface area contributed by atoms with Crippen molar-refractivity contribution >= 4 is 11.3 Å². The average Bonchev–Trinajstić information content (AvgIpc) is 2.80. The predicted molar refractivity (Wildman–Crippen MR) is 92.0 cm³/mol. The summed E-state index contributed by atoms with van der Waals surface area (Å²) in [6.07, 6.45) is 0. The van der Waals surface area contributed by atoms with Gasteiger partial charge in [0.05, 0.1) is 10.7 Å². The van der Waals surface area contributed by atoms with Crippen LogP contribution < -0.4 is 5.32 Å². The first-order valence-corrected chi connectivity index (χ1v) is 8.36. The van der Waals surface area contributed by atoms with Crippen LogP contribution in [-0.2, 0) is 12.0 Å². The van der Waals surface area contributed by atoms with Crippen LogP contribution in [0.4, 0.5) is 0 Å². The molecule has 2 rings (SSSR count). The third-order valence-corrected chi connectivity index (χ3v) is 5.37. The first-order valence-electron chi connectivity index (χ1n) is 7.54. The Morgan fingerprint density at radius 3 is 2.29 bits per heavy atom. The molecule has 1 atom stereocenters. The second-order valence-corrected chi connectivity index (χ2v) is 7.84. The maximum atomic E-state index is 4.75. The number of benzene rings is 1. The molecule has 0 bridgehead atoms. The van der Waals surface area contributed by atoms with Gasteiger partial charge in [-0.1, -0.05) is 50.6 Å². The molecular formula is C18H26N2S. The first-order chi connectivity index (χ1) is 9.77. The zero-order valence-corrected chi connectivity index (χ0v) is 14.8. The van der Waals surface area contributed by atoms with Crippen molar-refractivity contribution in [1.29, 1.82) is 0 Å². The molecule has 0 radical (unpaired) electrons. The Kier molecular flexibility index (Phi) is 4.84. The molecule has 114 valence electrons. The first kappa shape index (κ1) is 16.2. The zero-order chi connectivity index (χ0) is 15.6. The minimum atomic E-state index is 0.129. The summed E-state index contributed by atoms with van der Waals surface area (Å²) < 4.78 is 0. The molecule has 0 saturated carbocycles. The van der Waals surface area contributed by atoms with Crippen molar-refractivity contribution < 1.29 is 0 Å². The van der Waals surface area contributed by atoms with Gasteiger partial charge in [0.15, 0.2) is 0 Å². The van der Waals surface area contributed by atoms with Gasteiger partial charge in [-0.15, -0.1) is 11.3 Å². The van der Waals surface area contributed by atoms with Crippen molar-refractivity contribution in [2.45, 2.75) is 59.5 Å². The van der Waals surface area contributed by atoms with Crippen LogP contribution in [0.15, 0.2) is 24.3 Å². The predicted octanol–water partition coefficient (Wildman–Crippen LogP) is 4.91. The molecule has 2 aromatic rings. The van der Waals surface area contributed by atoms with E-state index in [-0.39, 0.29) is 5.41 Å². The van der Waals surface area contributed by atoms with Crippen LogP contribution in [0.1, 0.15) is 60.4 Å². The number of rotatable bonds is 4. The van der Waals surface area contributed by atoms with Gasteiger partial charge in [-0.25, -0.2) is 4.98 Å². The van der Waals surface area contributed by atoms with Crippen LogP contribution >= 0.6 is 11.3 Å². The SMILES string of the molecule is Cc1ccc(CNC(C)c2sc(C(C)(C)C)nc2C)cc1. The molecule has 1 aromatic carbocycles. The lowest BCUT2D eigenvalue weighted by Gasteiger charge is -2.15. The van der Waals surface area contributed by atoms with E-state index in [1.165, 1.54) is 21.0 Å². The maximum absolute atomic E-state index is 4.75. The lowest BCUT2D eigenvalue weighted by molar-refractivity contribution is 0.577. The minimum Gasteiger partial charge on any atom is -0.305 e. The van der Waals surface area contributed by atoms with Crippen LogP contribution in [0.25, 0.3) is 0 Å². The normalized spacial score (nSPS) is 13.4. The fourth-order valence-electron chi connectivity index (χ4n) is 2.20. The Morgan fingerprint density at radius 2 is 1.76 bits per heavy atom. The Morgan fingerprint density at radius 1 is 1.14 bits per heavy atom. The van der Waals surface area contributed by atoms with Gasteiger partial charge < -0.3 is 5.32 Å². The molecule has 0 aliphatic carbocycles. The van der Waals surface area contributed by atoms with Gasteiger partial charge in [0.25, 0.3) is 0 Å². The van der Waals surface area contributed by atoms with E-state index in [0.29, 0.717) is 6.04 Å². The Labute approximate surface area is 132 Å². The van der Waals surface area contributed by atoms with E-state index in [1.807, 2.05) is 11.3 Å². The molecule has 1 heterocycles. The van der Waals surface area contributed by atoms with E-state index >= 15 is 0 Å². The summed E-state index contributed by atoms with van der Waals surface area (Å²) in [5.41, 5.74) is 3.92. The van der Waals surface area contributed by atoms with E-state index in [0.717, 1.165) is 12.2 Å². The number of aryl methyl sites for hydroxylation is 2. The molecule has 0 aliphatic rings. The molecule has 0 aliphatic heterocycles. The van der Waals surface area contributed by atoms with E-state index in [1.54, 1.807) is 0 Å².